The Kier molecular flexibility index (Phi) is 8.17. The van der Waals surface area contributed by atoms with Crippen LogP contribution in [0.3, 0.4) is 0 Å². The monoisotopic (exact) mass is 695 g/mol. The van der Waals surface area contributed by atoms with E-state index in [1.54, 1.807) is 11.0 Å². The summed E-state index contributed by atoms with van der Waals surface area (Å²) in [5, 5.41) is 10.4. The Morgan fingerprint density at radius 1 is 1.35 bits per heavy atom. The number of carbonyl (C=O) groups is 1. The van der Waals surface area contributed by atoms with Gasteiger partial charge in [0.1, 0.15) is 41.0 Å². The average Bonchev–Trinajstić information content (AvgIpc) is 3.81. The van der Waals surface area contributed by atoms with Crippen LogP contribution in [-0.4, -0.2) is 82.8 Å². The second-order valence-corrected chi connectivity index (χ2v) is 14.3. The van der Waals surface area contributed by atoms with Gasteiger partial charge in [0.05, 0.1) is 26.9 Å². The first-order valence-electron chi connectivity index (χ1n) is 15.8. The number of benzene rings is 2. The second kappa shape index (κ2) is 12.1. The largest absolute Gasteiger partial charge is 0.461 e. The molecule has 3 aliphatic rings. The fourth-order valence-corrected chi connectivity index (χ4v) is 9.17. The number of hydrogen-bond donors (Lipinski definition) is 1. The van der Waals surface area contributed by atoms with Crippen LogP contribution in [0, 0.1) is 23.0 Å². The average molecular weight is 696 g/mol. The first-order chi connectivity index (χ1) is 23.0. The van der Waals surface area contributed by atoms with E-state index in [2.05, 4.69) is 16.5 Å². The Bertz CT molecular complexity index is 2040. The van der Waals surface area contributed by atoms with Gasteiger partial charge in [0, 0.05) is 48.9 Å². The zero-order valence-corrected chi connectivity index (χ0v) is 28.0. The van der Waals surface area contributed by atoms with Gasteiger partial charge in [-0.25, -0.2) is 13.2 Å². The second-order valence-electron chi connectivity index (χ2n) is 12.8. The number of carbonyl (C=O) groups excluding carboxylic acids is 1. The van der Waals surface area contributed by atoms with E-state index >= 15 is 4.39 Å². The fourth-order valence-electron chi connectivity index (χ4n) is 7.92. The summed E-state index contributed by atoms with van der Waals surface area (Å²) in [7, 11) is 1.81. The van der Waals surface area contributed by atoms with Gasteiger partial charge in [0.25, 0.3) is 0 Å². The number of anilines is 2. The van der Waals surface area contributed by atoms with Crippen LogP contribution in [0.15, 0.2) is 30.9 Å². The van der Waals surface area contributed by atoms with Gasteiger partial charge < -0.3 is 20.3 Å². The third kappa shape index (κ3) is 5.04. The minimum Gasteiger partial charge on any atom is -0.461 e. The Balaban J connectivity index is 1.38. The first kappa shape index (κ1) is 32.4. The predicted molar refractivity (Wildman–Crippen MR) is 181 cm³/mol. The summed E-state index contributed by atoms with van der Waals surface area (Å²) >= 11 is 7.74. The number of likely N-dealkylation sites (tertiary alicyclic amines) is 1. The van der Waals surface area contributed by atoms with E-state index in [-0.39, 0.29) is 72.9 Å². The van der Waals surface area contributed by atoms with Crippen LogP contribution in [0.25, 0.3) is 32.1 Å². The number of nitrogens with two attached hydrogens (primary N) is 1. The van der Waals surface area contributed by atoms with Crippen LogP contribution in [0.5, 0.6) is 6.01 Å². The number of hydrogen-bond acceptors (Lipinski definition) is 9. The summed E-state index contributed by atoms with van der Waals surface area (Å²) < 4.78 is 52.8. The minimum atomic E-state index is -0.961. The summed E-state index contributed by atoms with van der Waals surface area (Å²) in [6.45, 7) is 7.30. The quantitative estimate of drug-likeness (QED) is 0.219. The molecule has 4 aromatic rings. The molecule has 2 aromatic heterocycles. The lowest BCUT2D eigenvalue weighted by Crippen LogP contribution is -2.44. The maximum atomic E-state index is 17.0. The van der Waals surface area contributed by atoms with Gasteiger partial charge in [-0.2, -0.15) is 15.2 Å². The number of likely N-dealkylation sites (N-methyl/N-ethyl adjacent to an activating group) is 1. The van der Waals surface area contributed by atoms with Crippen molar-refractivity contribution in [3.8, 4) is 23.2 Å². The number of alkyl halides is 1. The number of nitrogens with zero attached hydrogens (tertiary/aromatic N) is 6. The van der Waals surface area contributed by atoms with Crippen LogP contribution in [0.4, 0.5) is 24.0 Å². The highest BCUT2D eigenvalue weighted by molar-refractivity contribution is 7.23. The van der Waals surface area contributed by atoms with E-state index in [1.807, 2.05) is 24.9 Å². The molecule has 2 aromatic carbocycles. The molecular weight excluding hydrogens is 663 g/mol. The Hall–Kier alpha value is -4.12. The van der Waals surface area contributed by atoms with Crippen molar-refractivity contribution in [2.75, 3.05) is 43.9 Å². The van der Waals surface area contributed by atoms with Crippen molar-refractivity contribution >= 4 is 60.7 Å². The number of halogens is 4. The van der Waals surface area contributed by atoms with Gasteiger partial charge in [0.2, 0.25) is 5.91 Å². The molecule has 3 fully saturated rings. The van der Waals surface area contributed by atoms with Crippen molar-refractivity contribution in [3.05, 3.63) is 53.1 Å². The van der Waals surface area contributed by atoms with Crippen molar-refractivity contribution in [3.63, 3.8) is 0 Å². The number of aromatic nitrogens is 2. The molecule has 3 unspecified atom stereocenters. The molecular formula is C34H33ClF3N7O2S. The molecule has 0 radical (unpaired) electrons. The topological polar surface area (TPSA) is 112 Å². The number of rotatable bonds is 7. The molecule has 9 nitrogen and oxygen atoms in total. The molecule has 250 valence electrons. The smallest absolute Gasteiger partial charge is 0.319 e. The van der Waals surface area contributed by atoms with Crippen molar-refractivity contribution in [2.24, 2.45) is 0 Å². The van der Waals surface area contributed by atoms with E-state index in [4.69, 9.17) is 27.1 Å². The molecule has 0 bridgehead atoms. The number of nitriles is 1. The summed E-state index contributed by atoms with van der Waals surface area (Å²) in [5.74, 6) is -1.25. The van der Waals surface area contributed by atoms with Gasteiger partial charge in [-0.05, 0) is 56.5 Å². The van der Waals surface area contributed by atoms with Gasteiger partial charge in [-0.15, -0.1) is 11.3 Å². The molecule has 4 atom stereocenters. The molecule has 14 heteroatoms. The van der Waals surface area contributed by atoms with E-state index in [0.717, 1.165) is 30.7 Å². The number of ether oxygens (including phenoxy) is 1. The number of fused-ring (bicyclic) bond motifs is 3. The summed E-state index contributed by atoms with van der Waals surface area (Å²) in [6.07, 6.45) is 2.96. The molecule has 2 N–H and O–H groups in total. The molecule has 3 saturated heterocycles. The van der Waals surface area contributed by atoms with Crippen molar-refractivity contribution in [1.82, 2.24) is 19.8 Å². The van der Waals surface area contributed by atoms with Gasteiger partial charge in [-0.1, -0.05) is 24.2 Å². The number of nitrogen functional groups attached to an aromatic ring is 1. The molecule has 0 spiro atoms. The van der Waals surface area contributed by atoms with Crippen LogP contribution in [0.1, 0.15) is 38.2 Å². The van der Waals surface area contributed by atoms with Gasteiger partial charge in [-0.3, -0.25) is 9.69 Å². The number of thiophene rings is 1. The number of amides is 1. The minimum absolute atomic E-state index is 0.00292. The van der Waals surface area contributed by atoms with Crippen molar-refractivity contribution < 1.29 is 22.7 Å². The van der Waals surface area contributed by atoms with Crippen LogP contribution < -0.4 is 15.4 Å². The maximum Gasteiger partial charge on any atom is 0.319 e. The summed E-state index contributed by atoms with van der Waals surface area (Å²) in [5.41, 5.74) is 5.62. The Morgan fingerprint density at radius 3 is 2.90 bits per heavy atom. The first-order valence-corrected chi connectivity index (χ1v) is 17.0. The predicted octanol–water partition coefficient (Wildman–Crippen LogP) is 6.46. The lowest BCUT2D eigenvalue weighted by Gasteiger charge is -2.33. The molecule has 0 aliphatic carbocycles. The van der Waals surface area contributed by atoms with E-state index in [0.29, 0.717) is 37.1 Å². The van der Waals surface area contributed by atoms with Gasteiger partial charge >= 0.3 is 6.01 Å². The SMILES string of the molecule is C=CC(=O)N1CC[C@@H](N(C)c2nc(OCC34CCCN3CC(F)C4)nc3c(F)c(-c4ccc(F)c5sc(N)c(C#N)c45)c(Cl)cc23)C1C. The van der Waals surface area contributed by atoms with E-state index in [9.17, 15) is 18.8 Å². The third-order valence-corrected chi connectivity index (χ3v) is 11.6. The lowest BCUT2D eigenvalue weighted by atomic mass is 9.95. The highest BCUT2D eigenvalue weighted by Gasteiger charge is 2.49. The Morgan fingerprint density at radius 2 is 2.15 bits per heavy atom. The van der Waals surface area contributed by atoms with E-state index < -0.39 is 23.3 Å². The van der Waals surface area contributed by atoms with Crippen LogP contribution >= 0.6 is 22.9 Å². The highest BCUT2D eigenvalue weighted by atomic mass is 35.5. The Labute approximate surface area is 284 Å². The molecule has 1 amide bonds. The maximum absolute atomic E-state index is 17.0. The zero-order valence-electron chi connectivity index (χ0n) is 26.4. The van der Waals surface area contributed by atoms with Crippen LogP contribution in [-0.2, 0) is 4.79 Å². The zero-order chi connectivity index (χ0) is 34.1. The standard InChI is InChI=1S/C34H33ClF3N7O2S/c1-4-25(46)45-11-8-24(17(45)2)43(3)32-20-12-22(35)27(19-6-7-23(37)30-26(19)21(14-39)31(40)48-30)28(38)29(20)41-33(42-32)47-16-34-9-5-10-44(34)15-18(36)13-34/h4,6-7,12,17-18,24H,1,5,8-11,13,15-16,40H2,2-3H3/t17?,18?,24-,34?/m1/s1. The highest BCUT2D eigenvalue weighted by Crippen LogP contribution is 2.46. The summed E-state index contributed by atoms with van der Waals surface area (Å²) in [6, 6.07) is 5.62. The third-order valence-electron chi connectivity index (χ3n) is 10.3. The molecule has 7 rings (SSSR count). The summed E-state index contributed by atoms with van der Waals surface area (Å²) in [4.78, 5) is 27.5. The molecule has 48 heavy (non-hydrogen) atoms. The molecule has 3 aliphatic heterocycles. The van der Waals surface area contributed by atoms with E-state index in [1.165, 1.54) is 18.2 Å². The molecule has 0 saturated carbocycles. The molecule has 5 heterocycles. The van der Waals surface area contributed by atoms with Crippen molar-refractivity contribution in [2.45, 2.75) is 56.4 Å². The van der Waals surface area contributed by atoms with Gasteiger partial charge in [0.15, 0.2) is 5.82 Å². The lowest BCUT2D eigenvalue weighted by molar-refractivity contribution is -0.126. The van der Waals surface area contributed by atoms with Crippen LogP contribution in [0.2, 0.25) is 5.02 Å². The fraction of sp³-hybridized carbons (Fsp3) is 0.412. The van der Waals surface area contributed by atoms with Crippen molar-refractivity contribution in [1.29, 1.82) is 5.26 Å². The normalized spacial score (nSPS) is 23.9.